The lowest BCUT2D eigenvalue weighted by molar-refractivity contribution is -0.132. The molecule has 0 radical (unpaired) electrons. The molecule has 1 atom stereocenters. The first-order valence-corrected chi connectivity index (χ1v) is 7.15. The molecule has 4 heteroatoms. The van der Waals surface area contributed by atoms with Crippen molar-refractivity contribution in [2.45, 2.75) is 52.6 Å². The van der Waals surface area contributed by atoms with E-state index in [0.29, 0.717) is 0 Å². The topological polar surface area (TPSA) is 55.1 Å². The first-order valence-electron chi connectivity index (χ1n) is 6.27. The molecule has 1 unspecified atom stereocenters. The molecule has 0 saturated heterocycles. The lowest BCUT2D eigenvalue weighted by atomic mass is 9.74. The minimum absolute atomic E-state index is 0.0130. The van der Waals surface area contributed by atoms with E-state index in [-0.39, 0.29) is 11.9 Å². The van der Waals surface area contributed by atoms with Gasteiger partial charge in [-0.15, -0.1) is 11.3 Å². The van der Waals surface area contributed by atoms with Crippen LogP contribution in [0.3, 0.4) is 0 Å². The number of carbonyl (C=O) groups is 1. The molecule has 3 N–H and O–H groups in total. The van der Waals surface area contributed by atoms with Gasteiger partial charge in [0.05, 0.1) is 5.41 Å². The van der Waals surface area contributed by atoms with Crippen molar-refractivity contribution in [1.82, 2.24) is 5.32 Å². The number of nitrogens with two attached hydrogens (primary N) is 1. The average Bonchev–Trinajstić information content (AvgIpc) is 2.68. The van der Waals surface area contributed by atoms with E-state index in [2.05, 4.69) is 16.8 Å². The molecule has 1 aromatic rings. The largest absolute Gasteiger partial charge is 0.353 e. The van der Waals surface area contributed by atoms with E-state index in [1.807, 2.05) is 40.7 Å². The number of thiophene rings is 1. The van der Waals surface area contributed by atoms with Crippen LogP contribution >= 0.6 is 11.3 Å². The van der Waals surface area contributed by atoms with E-state index in [0.717, 1.165) is 6.42 Å². The highest BCUT2D eigenvalue weighted by Crippen LogP contribution is 2.28. The Kier molecular flexibility index (Phi) is 4.56. The maximum Gasteiger partial charge on any atom is 0.227 e. The Bertz CT molecular complexity index is 390. The number of hydrogen-bond acceptors (Lipinski definition) is 3. The Hall–Kier alpha value is -0.870. The molecule has 1 aromatic heterocycles. The Balaban J connectivity index is 2.59. The molecule has 0 fully saturated rings. The van der Waals surface area contributed by atoms with E-state index in [1.165, 1.54) is 4.88 Å². The third kappa shape index (κ3) is 3.56. The number of rotatable bonds is 5. The summed E-state index contributed by atoms with van der Waals surface area (Å²) in [5.74, 6) is 0.0130. The van der Waals surface area contributed by atoms with E-state index >= 15 is 0 Å². The second-order valence-corrected chi connectivity index (χ2v) is 7.04. The van der Waals surface area contributed by atoms with Gasteiger partial charge in [-0.2, -0.15) is 0 Å². The zero-order valence-electron chi connectivity index (χ0n) is 11.9. The van der Waals surface area contributed by atoms with Gasteiger partial charge in [-0.1, -0.05) is 6.07 Å². The molecule has 0 aliphatic carbocycles. The van der Waals surface area contributed by atoms with Gasteiger partial charge < -0.3 is 11.1 Å². The van der Waals surface area contributed by atoms with Crippen molar-refractivity contribution in [2.24, 2.45) is 11.1 Å². The summed E-state index contributed by atoms with van der Waals surface area (Å²) in [6.07, 6.45) is 0.866. The predicted molar refractivity (Wildman–Crippen MR) is 77.7 cm³/mol. The van der Waals surface area contributed by atoms with Crippen LogP contribution in [0.1, 0.15) is 39.5 Å². The second-order valence-electron chi connectivity index (χ2n) is 6.00. The van der Waals surface area contributed by atoms with Crippen molar-refractivity contribution >= 4 is 17.2 Å². The van der Waals surface area contributed by atoms with Crippen molar-refractivity contribution in [2.75, 3.05) is 0 Å². The zero-order chi connectivity index (χ0) is 14.0. The molecule has 0 aliphatic heterocycles. The standard InChI is InChI=1S/C14H24N2OS/c1-10(9-11-7-6-8-18-11)16-12(17)13(2,3)14(4,5)15/h6-8,10H,9,15H2,1-5H3,(H,16,17). The summed E-state index contributed by atoms with van der Waals surface area (Å²) >= 11 is 1.72. The lowest BCUT2D eigenvalue weighted by Crippen LogP contribution is -2.56. The lowest BCUT2D eigenvalue weighted by Gasteiger charge is -2.37. The first-order chi connectivity index (χ1) is 8.14. The van der Waals surface area contributed by atoms with Crippen LogP contribution in [-0.4, -0.2) is 17.5 Å². The molecule has 1 heterocycles. The van der Waals surface area contributed by atoms with Crippen LogP contribution < -0.4 is 11.1 Å². The Morgan fingerprint density at radius 1 is 1.44 bits per heavy atom. The van der Waals surface area contributed by atoms with Gasteiger partial charge in [-0.25, -0.2) is 0 Å². The maximum absolute atomic E-state index is 12.3. The second kappa shape index (κ2) is 5.41. The first kappa shape index (κ1) is 15.2. The summed E-state index contributed by atoms with van der Waals surface area (Å²) in [7, 11) is 0. The highest BCUT2D eigenvalue weighted by atomic mass is 32.1. The van der Waals surface area contributed by atoms with Crippen LogP contribution in [0.4, 0.5) is 0 Å². The molecule has 0 saturated carbocycles. The van der Waals surface area contributed by atoms with Crippen LogP contribution in [0.5, 0.6) is 0 Å². The molecular weight excluding hydrogens is 244 g/mol. The summed E-state index contributed by atoms with van der Waals surface area (Å²) < 4.78 is 0. The molecule has 3 nitrogen and oxygen atoms in total. The SMILES string of the molecule is CC(Cc1cccs1)NC(=O)C(C)(C)C(C)(C)N. The van der Waals surface area contributed by atoms with Gasteiger partial charge in [0, 0.05) is 22.9 Å². The van der Waals surface area contributed by atoms with Crippen molar-refractivity contribution in [3.05, 3.63) is 22.4 Å². The number of carbonyl (C=O) groups excluding carboxylic acids is 1. The van der Waals surface area contributed by atoms with Crippen LogP contribution in [0.25, 0.3) is 0 Å². The minimum atomic E-state index is -0.587. The summed E-state index contributed by atoms with van der Waals surface area (Å²) in [5, 5.41) is 5.11. The van der Waals surface area contributed by atoms with Gasteiger partial charge >= 0.3 is 0 Å². The third-order valence-corrected chi connectivity index (χ3v) is 4.54. The molecule has 18 heavy (non-hydrogen) atoms. The zero-order valence-corrected chi connectivity index (χ0v) is 12.7. The fraction of sp³-hybridized carbons (Fsp3) is 0.643. The van der Waals surface area contributed by atoms with E-state index in [9.17, 15) is 4.79 Å². The maximum atomic E-state index is 12.3. The fourth-order valence-electron chi connectivity index (χ4n) is 1.48. The van der Waals surface area contributed by atoms with Crippen molar-refractivity contribution < 1.29 is 4.79 Å². The Morgan fingerprint density at radius 3 is 2.50 bits per heavy atom. The van der Waals surface area contributed by atoms with Gasteiger partial charge in [0.15, 0.2) is 0 Å². The smallest absolute Gasteiger partial charge is 0.227 e. The summed E-state index contributed by atoms with van der Waals surface area (Å²) in [5.41, 5.74) is 4.94. The quantitative estimate of drug-likeness (QED) is 0.862. The number of hydrogen-bond donors (Lipinski definition) is 2. The highest BCUT2D eigenvalue weighted by Gasteiger charge is 2.40. The highest BCUT2D eigenvalue weighted by molar-refractivity contribution is 7.09. The van der Waals surface area contributed by atoms with Crippen LogP contribution in [0, 0.1) is 5.41 Å². The summed E-state index contributed by atoms with van der Waals surface area (Å²) in [6.45, 7) is 9.57. The van der Waals surface area contributed by atoms with Crippen LogP contribution in [0.2, 0.25) is 0 Å². The van der Waals surface area contributed by atoms with E-state index in [1.54, 1.807) is 11.3 Å². The summed E-state index contributed by atoms with van der Waals surface area (Å²) in [4.78, 5) is 13.5. The predicted octanol–water partition coefficient (Wildman–Crippen LogP) is 2.56. The summed E-state index contributed by atoms with van der Waals surface area (Å²) in [6, 6.07) is 4.24. The molecule has 0 bridgehead atoms. The fourth-order valence-corrected chi connectivity index (χ4v) is 2.31. The molecule has 0 aromatic carbocycles. The van der Waals surface area contributed by atoms with Gasteiger partial charge in [-0.05, 0) is 46.1 Å². The van der Waals surface area contributed by atoms with Crippen molar-refractivity contribution in [1.29, 1.82) is 0 Å². The number of amides is 1. The van der Waals surface area contributed by atoms with Gasteiger partial charge in [0.1, 0.15) is 0 Å². The monoisotopic (exact) mass is 268 g/mol. The molecular formula is C14H24N2OS. The average molecular weight is 268 g/mol. The molecule has 1 rings (SSSR count). The van der Waals surface area contributed by atoms with E-state index in [4.69, 9.17) is 5.73 Å². The van der Waals surface area contributed by atoms with Crippen molar-refractivity contribution in [3.63, 3.8) is 0 Å². The Labute approximate surface area is 114 Å². The van der Waals surface area contributed by atoms with Crippen LogP contribution in [0.15, 0.2) is 17.5 Å². The molecule has 102 valence electrons. The van der Waals surface area contributed by atoms with Crippen molar-refractivity contribution in [3.8, 4) is 0 Å². The molecule has 1 amide bonds. The van der Waals surface area contributed by atoms with Gasteiger partial charge in [0.25, 0.3) is 0 Å². The third-order valence-electron chi connectivity index (χ3n) is 3.64. The van der Waals surface area contributed by atoms with E-state index < -0.39 is 11.0 Å². The molecule has 0 aliphatic rings. The van der Waals surface area contributed by atoms with Gasteiger partial charge in [-0.3, -0.25) is 4.79 Å². The number of nitrogens with one attached hydrogen (secondary N) is 1. The normalized spacial score (nSPS) is 14.3. The van der Waals surface area contributed by atoms with Crippen LogP contribution in [-0.2, 0) is 11.2 Å². The molecule has 0 spiro atoms. The van der Waals surface area contributed by atoms with Gasteiger partial charge in [0.2, 0.25) is 5.91 Å². The Morgan fingerprint density at radius 2 is 2.06 bits per heavy atom. The minimum Gasteiger partial charge on any atom is -0.353 e.